The average molecular weight is 452 g/mol. The predicted molar refractivity (Wildman–Crippen MR) is 100 cm³/mol. The van der Waals surface area contributed by atoms with Crippen molar-refractivity contribution in [3.63, 3.8) is 0 Å². The van der Waals surface area contributed by atoms with Crippen LogP contribution in [0.1, 0.15) is 48.8 Å². The van der Waals surface area contributed by atoms with Crippen molar-refractivity contribution in [2.45, 2.75) is 75.2 Å². The summed E-state index contributed by atoms with van der Waals surface area (Å²) in [5.74, 6) is 0. The molecule has 174 valence electrons. The molecule has 3 N–H and O–H groups in total. The van der Waals surface area contributed by atoms with E-state index in [4.69, 9.17) is 4.74 Å². The van der Waals surface area contributed by atoms with Gasteiger partial charge in [-0.05, 0) is 55.9 Å². The van der Waals surface area contributed by atoms with Crippen LogP contribution in [-0.4, -0.2) is 42.5 Å². The highest BCUT2D eigenvalue weighted by Crippen LogP contribution is 2.58. The molecule has 2 saturated carbocycles. The van der Waals surface area contributed by atoms with Crippen LogP contribution in [0.4, 0.5) is 26.3 Å². The molecule has 1 spiro atoms. The van der Waals surface area contributed by atoms with Crippen LogP contribution < -0.4 is 10.6 Å². The fourth-order valence-electron chi connectivity index (χ4n) is 5.13. The lowest BCUT2D eigenvalue weighted by molar-refractivity contribution is -0.143. The lowest BCUT2D eigenvalue weighted by atomic mass is 10.0. The molecule has 0 amide bonds. The van der Waals surface area contributed by atoms with Crippen LogP contribution in [0.25, 0.3) is 0 Å². The van der Waals surface area contributed by atoms with Gasteiger partial charge in [-0.15, -0.1) is 0 Å². The number of rotatable bonds is 5. The van der Waals surface area contributed by atoms with E-state index in [0.29, 0.717) is 6.04 Å². The van der Waals surface area contributed by atoms with Gasteiger partial charge in [0.2, 0.25) is 0 Å². The zero-order valence-electron chi connectivity index (χ0n) is 16.8. The maximum Gasteiger partial charge on any atom is 0.416 e. The van der Waals surface area contributed by atoms with Crippen LogP contribution in [0.5, 0.6) is 0 Å². The van der Waals surface area contributed by atoms with Crippen molar-refractivity contribution in [2.24, 2.45) is 5.41 Å². The van der Waals surface area contributed by atoms with Gasteiger partial charge in [-0.3, -0.25) is 0 Å². The topological polar surface area (TPSA) is 53.5 Å². The van der Waals surface area contributed by atoms with Gasteiger partial charge in [-0.1, -0.05) is 0 Å². The Morgan fingerprint density at radius 1 is 0.935 bits per heavy atom. The van der Waals surface area contributed by atoms with E-state index >= 15 is 0 Å². The highest BCUT2D eigenvalue weighted by molar-refractivity contribution is 5.34. The molecule has 1 heterocycles. The van der Waals surface area contributed by atoms with Crippen molar-refractivity contribution in [3.05, 3.63) is 34.9 Å². The standard InChI is InChI=1S/C21H26F6N2O2/c22-20(23,24)13-7-12(8-14(9-13)21(25,26)27)11-28-17-18(30)19(17)4-1-16(10-19)29-15-2-5-31-6-3-15/h7-9,15-18,28-30H,1-6,10-11H2/t16-,17?,18?,19?/m1/s1. The Labute approximate surface area is 176 Å². The van der Waals surface area contributed by atoms with E-state index < -0.39 is 29.6 Å². The first kappa shape index (κ1) is 22.8. The molecule has 1 saturated heterocycles. The van der Waals surface area contributed by atoms with Gasteiger partial charge >= 0.3 is 12.4 Å². The molecular formula is C21H26F6N2O2. The first-order valence-electron chi connectivity index (χ1n) is 10.5. The summed E-state index contributed by atoms with van der Waals surface area (Å²) in [6.07, 6.45) is -6.13. The van der Waals surface area contributed by atoms with Gasteiger partial charge in [0.1, 0.15) is 0 Å². The Morgan fingerprint density at radius 2 is 1.55 bits per heavy atom. The molecule has 3 unspecified atom stereocenters. The molecule has 1 aromatic carbocycles. The van der Waals surface area contributed by atoms with Gasteiger partial charge < -0.3 is 20.5 Å². The summed E-state index contributed by atoms with van der Waals surface area (Å²) in [6, 6.07) is 1.87. The molecule has 4 rings (SSSR count). The zero-order chi connectivity index (χ0) is 22.4. The van der Waals surface area contributed by atoms with Gasteiger partial charge in [0.15, 0.2) is 0 Å². The second-order valence-electron chi connectivity index (χ2n) is 8.94. The third-order valence-corrected chi connectivity index (χ3v) is 6.87. The molecule has 2 aliphatic carbocycles. The van der Waals surface area contributed by atoms with Crippen molar-refractivity contribution in [1.29, 1.82) is 0 Å². The molecule has 0 aromatic heterocycles. The summed E-state index contributed by atoms with van der Waals surface area (Å²) >= 11 is 0. The van der Waals surface area contributed by atoms with Crippen LogP contribution >= 0.6 is 0 Å². The van der Waals surface area contributed by atoms with Crippen LogP contribution in [-0.2, 0) is 23.6 Å². The normalized spacial score (nSPS) is 32.0. The number of benzene rings is 1. The van der Waals surface area contributed by atoms with E-state index in [1.807, 2.05) is 0 Å². The summed E-state index contributed by atoms with van der Waals surface area (Å²) < 4.78 is 83.6. The summed E-state index contributed by atoms with van der Waals surface area (Å²) in [4.78, 5) is 0. The van der Waals surface area contributed by atoms with E-state index in [-0.39, 0.29) is 35.7 Å². The number of hydrogen-bond donors (Lipinski definition) is 3. The Bertz CT molecular complexity index is 761. The van der Waals surface area contributed by atoms with Crippen molar-refractivity contribution in [2.75, 3.05) is 13.2 Å². The van der Waals surface area contributed by atoms with E-state index in [2.05, 4.69) is 10.6 Å². The van der Waals surface area contributed by atoms with Crippen LogP contribution in [0.15, 0.2) is 18.2 Å². The van der Waals surface area contributed by atoms with E-state index in [9.17, 15) is 31.4 Å². The Morgan fingerprint density at radius 3 is 2.13 bits per heavy atom. The quantitative estimate of drug-likeness (QED) is 0.594. The predicted octanol–water partition coefficient (Wildman–Crippen LogP) is 3.86. The van der Waals surface area contributed by atoms with E-state index in [0.717, 1.165) is 57.5 Å². The molecule has 3 aliphatic rings. The molecule has 3 fully saturated rings. The van der Waals surface area contributed by atoms with E-state index in [1.54, 1.807) is 0 Å². The minimum Gasteiger partial charge on any atom is -0.391 e. The third kappa shape index (κ3) is 4.86. The maximum atomic E-state index is 13.0. The molecular weight excluding hydrogens is 426 g/mol. The summed E-state index contributed by atoms with van der Waals surface area (Å²) in [5.41, 5.74) is -3.12. The fraction of sp³-hybridized carbons (Fsp3) is 0.714. The van der Waals surface area contributed by atoms with Crippen molar-refractivity contribution >= 4 is 0 Å². The minimum absolute atomic E-state index is 0.105. The van der Waals surface area contributed by atoms with Gasteiger partial charge in [-0.2, -0.15) is 26.3 Å². The van der Waals surface area contributed by atoms with Gasteiger partial charge in [0.25, 0.3) is 0 Å². The van der Waals surface area contributed by atoms with E-state index in [1.165, 1.54) is 0 Å². The summed E-state index contributed by atoms with van der Waals surface area (Å²) in [6.45, 7) is 1.27. The van der Waals surface area contributed by atoms with Gasteiger partial charge in [0.05, 0.1) is 17.2 Å². The van der Waals surface area contributed by atoms with Crippen LogP contribution in [0, 0.1) is 5.41 Å². The molecule has 1 aromatic rings. The summed E-state index contributed by atoms with van der Waals surface area (Å²) in [7, 11) is 0. The number of hydrogen-bond acceptors (Lipinski definition) is 4. The Hall–Kier alpha value is -1.36. The zero-order valence-corrected chi connectivity index (χ0v) is 16.8. The second-order valence-corrected chi connectivity index (χ2v) is 8.94. The first-order chi connectivity index (χ1) is 14.5. The number of nitrogens with one attached hydrogen (secondary N) is 2. The van der Waals surface area contributed by atoms with Crippen molar-refractivity contribution in [3.8, 4) is 0 Å². The number of aliphatic hydroxyl groups is 1. The second kappa shape index (κ2) is 8.20. The fourth-order valence-corrected chi connectivity index (χ4v) is 5.13. The highest BCUT2D eigenvalue weighted by atomic mass is 19.4. The SMILES string of the molecule is OC1C(NCc2cc(C(F)(F)F)cc(C(F)(F)F)c2)C12CC[C@@H](NC1CCOCC1)C2. The van der Waals surface area contributed by atoms with Crippen LogP contribution in [0.2, 0.25) is 0 Å². The minimum atomic E-state index is -4.87. The average Bonchev–Trinajstić information content (AvgIpc) is 3.02. The number of aliphatic hydroxyl groups excluding tert-OH is 1. The largest absolute Gasteiger partial charge is 0.416 e. The Kier molecular flexibility index (Phi) is 6.04. The summed E-state index contributed by atoms with van der Waals surface area (Å²) in [5, 5.41) is 17.1. The highest BCUT2D eigenvalue weighted by Gasteiger charge is 2.66. The third-order valence-electron chi connectivity index (χ3n) is 6.87. The number of ether oxygens (including phenoxy) is 1. The van der Waals surface area contributed by atoms with Crippen molar-refractivity contribution < 1.29 is 36.2 Å². The monoisotopic (exact) mass is 452 g/mol. The molecule has 10 heteroatoms. The first-order valence-corrected chi connectivity index (χ1v) is 10.5. The molecule has 1 aliphatic heterocycles. The van der Waals surface area contributed by atoms with Crippen LogP contribution in [0.3, 0.4) is 0 Å². The smallest absolute Gasteiger partial charge is 0.391 e. The molecule has 0 radical (unpaired) electrons. The molecule has 4 atom stereocenters. The number of halogens is 6. The van der Waals surface area contributed by atoms with Gasteiger partial charge in [-0.25, -0.2) is 0 Å². The molecule has 31 heavy (non-hydrogen) atoms. The Balaban J connectivity index is 1.38. The lowest BCUT2D eigenvalue weighted by Gasteiger charge is -2.26. The van der Waals surface area contributed by atoms with Gasteiger partial charge in [0, 0.05) is 43.3 Å². The molecule has 0 bridgehead atoms. The van der Waals surface area contributed by atoms with Crippen molar-refractivity contribution in [1.82, 2.24) is 10.6 Å². The lowest BCUT2D eigenvalue weighted by Crippen LogP contribution is -2.40. The maximum absolute atomic E-state index is 13.0. The molecule has 4 nitrogen and oxygen atoms in total. The number of alkyl halides is 6.